The maximum Gasteiger partial charge on any atom is 0.233 e. The molecule has 0 spiro atoms. The Hall–Kier alpha value is -3.05. The molecule has 2 amide bonds. The van der Waals surface area contributed by atoms with Crippen LogP contribution in [0, 0.1) is 0 Å². The molecule has 0 bridgehead atoms. The molecular weight excluding hydrogens is 392 g/mol. The second-order valence-corrected chi connectivity index (χ2v) is 8.50. The van der Waals surface area contributed by atoms with E-state index in [1.807, 2.05) is 67.6 Å². The molecule has 3 rings (SSSR count). The minimum Gasteiger partial charge on any atom is -0.354 e. The molecule has 0 aliphatic carbocycles. The van der Waals surface area contributed by atoms with Crippen molar-refractivity contribution >= 4 is 29.3 Å². The van der Waals surface area contributed by atoms with Gasteiger partial charge in [0, 0.05) is 30.0 Å². The number of rotatable bonds is 8. The van der Waals surface area contributed by atoms with Gasteiger partial charge in [-0.05, 0) is 42.3 Å². The lowest BCUT2D eigenvalue weighted by atomic mass is 9.91. The summed E-state index contributed by atoms with van der Waals surface area (Å²) in [7, 11) is 0. The van der Waals surface area contributed by atoms with Crippen molar-refractivity contribution in [3.63, 3.8) is 0 Å². The summed E-state index contributed by atoms with van der Waals surface area (Å²) in [6.07, 6.45) is 0. The van der Waals surface area contributed by atoms with Gasteiger partial charge in [-0.1, -0.05) is 60.7 Å². The molecule has 5 heteroatoms. The Morgan fingerprint density at radius 3 is 1.87 bits per heavy atom. The predicted octanol–water partition coefficient (Wildman–Crippen LogP) is 5.07. The Morgan fingerprint density at radius 2 is 1.37 bits per heavy atom. The fourth-order valence-corrected chi connectivity index (χ4v) is 4.11. The number of hydrogen-bond donors (Lipinski definition) is 2. The summed E-state index contributed by atoms with van der Waals surface area (Å²) in [6, 6.07) is 28.0. The van der Waals surface area contributed by atoms with Crippen molar-refractivity contribution in [1.82, 2.24) is 5.32 Å². The number of carbonyl (C=O) groups excluding carboxylic acids is 2. The van der Waals surface area contributed by atoms with Crippen LogP contribution in [0.5, 0.6) is 0 Å². The number of amides is 2. The number of anilines is 1. The van der Waals surface area contributed by atoms with Crippen molar-refractivity contribution in [3.05, 3.63) is 96.1 Å². The van der Waals surface area contributed by atoms with E-state index >= 15 is 0 Å². The van der Waals surface area contributed by atoms with Gasteiger partial charge in [-0.2, -0.15) is 0 Å². The van der Waals surface area contributed by atoms with Crippen molar-refractivity contribution in [3.8, 4) is 0 Å². The van der Waals surface area contributed by atoms with Crippen LogP contribution in [-0.4, -0.2) is 23.6 Å². The first-order chi connectivity index (χ1) is 14.5. The Morgan fingerprint density at radius 1 is 0.833 bits per heavy atom. The first-order valence-electron chi connectivity index (χ1n) is 9.95. The van der Waals surface area contributed by atoms with E-state index in [4.69, 9.17) is 0 Å². The van der Waals surface area contributed by atoms with Gasteiger partial charge in [0.1, 0.15) is 0 Å². The summed E-state index contributed by atoms with van der Waals surface area (Å²) >= 11 is 1.50. The zero-order valence-corrected chi connectivity index (χ0v) is 18.0. The van der Waals surface area contributed by atoms with Crippen LogP contribution in [0.4, 0.5) is 5.69 Å². The second kappa shape index (κ2) is 10.6. The SMILES string of the molecule is CC(=O)Nc1ccc(SC(C)C(=O)NCC(c2ccccc2)c2ccccc2)cc1. The highest BCUT2D eigenvalue weighted by Gasteiger charge is 2.18. The van der Waals surface area contributed by atoms with Crippen molar-refractivity contribution < 1.29 is 9.59 Å². The highest BCUT2D eigenvalue weighted by Crippen LogP contribution is 2.26. The summed E-state index contributed by atoms with van der Waals surface area (Å²) in [4.78, 5) is 24.8. The van der Waals surface area contributed by atoms with Crippen molar-refractivity contribution in [2.24, 2.45) is 0 Å². The summed E-state index contributed by atoms with van der Waals surface area (Å²) in [5.74, 6) is 0.00261. The number of benzene rings is 3. The summed E-state index contributed by atoms with van der Waals surface area (Å²) in [5, 5.41) is 5.63. The van der Waals surface area contributed by atoms with E-state index in [-0.39, 0.29) is 23.0 Å². The first kappa shape index (κ1) is 21.7. The lowest BCUT2D eigenvalue weighted by molar-refractivity contribution is -0.120. The van der Waals surface area contributed by atoms with Gasteiger partial charge in [-0.25, -0.2) is 0 Å². The molecule has 1 atom stereocenters. The average molecular weight is 419 g/mol. The lowest BCUT2D eigenvalue weighted by Crippen LogP contribution is -2.34. The molecule has 0 fully saturated rings. The third kappa shape index (κ3) is 6.22. The zero-order chi connectivity index (χ0) is 21.3. The molecule has 3 aromatic carbocycles. The Balaban J connectivity index is 1.61. The van der Waals surface area contributed by atoms with Crippen LogP contribution in [0.2, 0.25) is 0 Å². The molecule has 0 aliphatic rings. The molecule has 0 aromatic heterocycles. The summed E-state index contributed by atoms with van der Waals surface area (Å²) < 4.78 is 0. The van der Waals surface area contributed by atoms with Gasteiger partial charge in [-0.3, -0.25) is 9.59 Å². The standard InChI is InChI=1S/C25H26N2O2S/c1-18(30-23-15-13-22(14-16-23)27-19(2)28)25(29)26-17-24(20-9-5-3-6-10-20)21-11-7-4-8-12-21/h3-16,18,24H,17H2,1-2H3,(H,26,29)(H,27,28). The average Bonchev–Trinajstić information content (AvgIpc) is 2.76. The third-order valence-corrected chi connectivity index (χ3v) is 5.85. The number of nitrogens with one attached hydrogen (secondary N) is 2. The highest BCUT2D eigenvalue weighted by atomic mass is 32.2. The maximum absolute atomic E-state index is 12.7. The van der Waals surface area contributed by atoms with Crippen LogP contribution >= 0.6 is 11.8 Å². The second-order valence-electron chi connectivity index (χ2n) is 7.08. The predicted molar refractivity (Wildman–Crippen MR) is 124 cm³/mol. The number of carbonyl (C=O) groups is 2. The van der Waals surface area contributed by atoms with Gasteiger partial charge in [0.2, 0.25) is 11.8 Å². The number of thioether (sulfide) groups is 1. The van der Waals surface area contributed by atoms with Crippen LogP contribution in [0.3, 0.4) is 0 Å². The van der Waals surface area contributed by atoms with Gasteiger partial charge in [0.05, 0.1) is 5.25 Å². The minimum absolute atomic E-state index is 0.00259. The van der Waals surface area contributed by atoms with E-state index in [1.165, 1.54) is 29.8 Å². The van der Waals surface area contributed by atoms with E-state index in [2.05, 4.69) is 34.9 Å². The normalized spacial score (nSPS) is 11.7. The van der Waals surface area contributed by atoms with Crippen LogP contribution in [0.1, 0.15) is 30.9 Å². The molecular formula is C25H26N2O2S. The molecule has 2 N–H and O–H groups in total. The number of hydrogen-bond acceptors (Lipinski definition) is 3. The Labute approximate surface area is 182 Å². The minimum atomic E-state index is -0.233. The summed E-state index contributed by atoms with van der Waals surface area (Å²) in [5.41, 5.74) is 3.10. The Bertz CT molecular complexity index is 920. The van der Waals surface area contributed by atoms with E-state index in [9.17, 15) is 9.59 Å². The molecule has 0 saturated carbocycles. The van der Waals surface area contributed by atoms with E-state index < -0.39 is 0 Å². The quantitative estimate of drug-likeness (QED) is 0.502. The van der Waals surface area contributed by atoms with Crippen LogP contribution in [-0.2, 0) is 9.59 Å². The monoisotopic (exact) mass is 418 g/mol. The van der Waals surface area contributed by atoms with Gasteiger partial charge in [0.15, 0.2) is 0 Å². The maximum atomic E-state index is 12.7. The molecule has 4 nitrogen and oxygen atoms in total. The fourth-order valence-electron chi connectivity index (χ4n) is 3.22. The molecule has 154 valence electrons. The third-order valence-electron chi connectivity index (χ3n) is 4.74. The van der Waals surface area contributed by atoms with Crippen molar-refractivity contribution in [2.45, 2.75) is 29.9 Å². The summed E-state index contributed by atoms with van der Waals surface area (Å²) in [6.45, 7) is 3.92. The van der Waals surface area contributed by atoms with Gasteiger partial charge >= 0.3 is 0 Å². The molecule has 30 heavy (non-hydrogen) atoms. The molecule has 0 saturated heterocycles. The van der Waals surface area contributed by atoms with Gasteiger partial charge in [0.25, 0.3) is 0 Å². The smallest absolute Gasteiger partial charge is 0.233 e. The molecule has 0 heterocycles. The fraction of sp³-hybridized carbons (Fsp3) is 0.200. The van der Waals surface area contributed by atoms with E-state index in [1.54, 1.807) is 0 Å². The van der Waals surface area contributed by atoms with Crippen molar-refractivity contribution in [2.75, 3.05) is 11.9 Å². The van der Waals surface area contributed by atoms with Gasteiger partial charge in [-0.15, -0.1) is 11.8 Å². The van der Waals surface area contributed by atoms with Crippen LogP contribution in [0.25, 0.3) is 0 Å². The molecule has 3 aromatic rings. The molecule has 0 radical (unpaired) electrons. The topological polar surface area (TPSA) is 58.2 Å². The van der Waals surface area contributed by atoms with E-state index in [0.29, 0.717) is 6.54 Å². The molecule has 1 unspecified atom stereocenters. The van der Waals surface area contributed by atoms with E-state index in [0.717, 1.165) is 10.6 Å². The van der Waals surface area contributed by atoms with Gasteiger partial charge < -0.3 is 10.6 Å². The lowest BCUT2D eigenvalue weighted by Gasteiger charge is -2.20. The zero-order valence-electron chi connectivity index (χ0n) is 17.2. The van der Waals surface area contributed by atoms with Crippen LogP contribution in [0.15, 0.2) is 89.8 Å². The highest BCUT2D eigenvalue weighted by molar-refractivity contribution is 8.00. The van der Waals surface area contributed by atoms with Crippen LogP contribution < -0.4 is 10.6 Å². The van der Waals surface area contributed by atoms with Crippen molar-refractivity contribution in [1.29, 1.82) is 0 Å². The Kier molecular flexibility index (Phi) is 7.69. The molecule has 0 aliphatic heterocycles. The largest absolute Gasteiger partial charge is 0.354 e. The first-order valence-corrected chi connectivity index (χ1v) is 10.8.